The number of hydrogen-bond acceptors (Lipinski definition) is 5. The lowest BCUT2D eigenvalue weighted by atomic mass is 10.2. The van der Waals surface area contributed by atoms with Gasteiger partial charge in [0.15, 0.2) is 5.82 Å². The van der Waals surface area contributed by atoms with E-state index in [2.05, 4.69) is 20.4 Å². The van der Waals surface area contributed by atoms with Crippen LogP contribution in [0.4, 0.5) is 10.5 Å². The normalized spacial score (nSPS) is 11.1. The highest BCUT2D eigenvalue weighted by molar-refractivity contribution is 5.84. The number of nitrogens with zero attached hydrogens (tertiary/aromatic N) is 4. The van der Waals surface area contributed by atoms with Crippen molar-refractivity contribution in [2.24, 2.45) is 0 Å². The molecule has 0 aliphatic heterocycles. The Bertz CT molecular complexity index is 542. The zero-order valence-electron chi connectivity index (χ0n) is 11.0. The van der Waals surface area contributed by atoms with Gasteiger partial charge >= 0.3 is 6.09 Å². The van der Waals surface area contributed by atoms with Gasteiger partial charge in [-0.1, -0.05) is 0 Å². The van der Waals surface area contributed by atoms with Gasteiger partial charge in [-0.05, 0) is 32.9 Å². The van der Waals surface area contributed by atoms with Gasteiger partial charge in [0.25, 0.3) is 0 Å². The molecule has 7 nitrogen and oxygen atoms in total. The lowest BCUT2D eigenvalue weighted by molar-refractivity contribution is 0.0636. The number of aromatic nitrogens is 4. The van der Waals surface area contributed by atoms with Gasteiger partial charge in [0.2, 0.25) is 0 Å². The van der Waals surface area contributed by atoms with Crippen molar-refractivity contribution in [2.45, 2.75) is 26.4 Å². The molecule has 2 aromatic rings. The molecule has 0 spiro atoms. The van der Waals surface area contributed by atoms with E-state index < -0.39 is 11.7 Å². The lowest BCUT2D eigenvalue weighted by Gasteiger charge is -2.19. The van der Waals surface area contributed by atoms with Crippen LogP contribution in [-0.2, 0) is 4.74 Å². The van der Waals surface area contributed by atoms with Crippen LogP contribution in [0.15, 0.2) is 31.0 Å². The molecule has 0 radical (unpaired) electrons. The minimum absolute atomic E-state index is 0.511. The maximum absolute atomic E-state index is 11.6. The fourth-order valence-corrected chi connectivity index (χ4v) is 1.34. The number of pyridine rings is 1. The van der Waals surface area contributed by atoms with Crippen LogP contribution in [0, 0.1) is 0 Å². The maximum atomic E-state index is 11.6. The van der Waals surface area contributed by atoms with E-state index in [-0.39, 0.29) is 0 Å². The average molecular weight is 261 g/mol. The summed E-state index contributed by atoms with van der Waals surface area (Å²) in [5.74, 6) is 0.618. The summed E-state index contributed by atoms with van der Waals surface area (Å²) >= 11 is 0. The minimum atomic E-state index is -0.530. The Morgan fingerprint density at radius 2 is 2.16 bits per heavy atom. The molecule has 7 heteroatoms. The molecule has 2 rings (SSSR count). The van der Waals surface area contributed by atoms with Gasteiger partial charge in [0, 0.05) is 0 Å². The number of carbonyl (C=O) groups is 1. The summed E-state index contributed by atoms with van der Waals surface area (Å²) in [5, 5.41) is 6.56. The summed E-state index contributed by atoms with van der Waals surface area (Å²) in [6, 6.07) is 3.44. The van der Waals surface area contributed by atoms with Gasteiger partial charge < -0.3 is 4.74 Å². The van der Waals surface area contributed by atoms with Gasteiger partial charge in [0.05, 0.1) is 11.9 Å². The number of hydrogen-bond donors (Lipinski definition) is 1. The van der Waals surface area contributed by atoms with E-state index in [1.54, 1.807) is 39.2 Å². The van der Waals surface area contributed by atoms with E-state index in [4.69, 9.17) is 4.74 Å². The highest BCUT2D eigenvalue weighted by Crippen LogP contribution is 2.12. The molecule has 100 valence electrons. The van der Waals surface area contributed by atoms with Crippen LogP contribution in [-0.4, -0.2) is 31.4 Å². The first-order valence-corrected chi connectivity index (χ1v) is 5.75. The van der Waals surface area contributed by atoms with Crippen molar-refractivity contribution in [3.05, 3.63) is 31.0 Å². The fraction of sp³-hybridized carbons (Fsp3) is 0.333. The molecule has 1 N–H and O–H groups in total. The number of carbonyl (C=O) groups excluding carboxylic acids is 1. The second-order valence-corrected chi connectivity index (χ2v) is 4.87. The van der Waals surface area contributed by atoms with Crippen molar-refractivity contribution in [3.8, 4) is 5.82 Å². The number of ether oxygens (including phenoxy) is 1. The SMILES string of the molecule is CC(C)(C)OC(=O)Nc1ccc(-n2cncn2)nc1. The van der Waals surface area contributed by atoms with Gasteiger partial charge in [-0.25, -0.2) is 19.4 Å². The predicted octanol–water partition coefficient (Wildman–Crippen LogP) is 2.01. The molecule has 0 atom stereocenters. The third kappa shape index (κ3) is 3.77. The molecule has 0 aliphatic rings. The Morgan fingerprint density at radius 1 is 1.37 bits per heavy atom. The summed E-state index contributed by atoms with van der Waals surface area (Å²) in [6.07, 6.45) is 3.99. The van der Waals surface area contributed by atoms with Gasteiger partial charge in [0.1, 0.15) is 18.3 Å². The Hall–Kier alpha value is -2.44. The largest absolute Gasteiger partial charge is 0.444 e. The van der Waals surface area contributed by atoms with Gasteiger partial charge in [-0.2, -0.15) is 5.10 Å². The molecule has 19 heavy (non-hydrogen) atoms. The summed E-state index contributed by atoms with van der Waals surface area (Å²) in [6.45, 7) is 5.41. The third-order valence-electron chi connectivity index (χ3n) is 2.05. The minimum Gasteiger partial charge on any atom is -0.444 e. The summed E-state index contributed by atoms with van der Waals surface area (Å²) in [5.41, 5.74) is 0.0242. The van der Waals surface area contributed by atoms with Gasteiger partial charge in [-0.3, -0.25) is 5.32 Å². The van der Waals surface area contributed by atoms with Crippen molar-refractivity contribution in [3.63, 3.8) is 0 Å². The Kier molecular flexibility index (Phi) is 3.46. The molecule has 0 saturated carbocycles. The first-order valence-electron chi connectivity index (χ1n) is 5.75. The van der Waals surface area contributed by atoms with E-state index in [0.717, 1.165) is 0 Å². The van der Waals surface area contributed by atoms with Gasteiger partial charge in [-0.15, -0.1) is 0 Å². The smallest absolute Gasteiger partial charge is 0.412 e. The summed E-state index contributed by atoms with van der Waals surface area (Å²) in [7, 11) is 0. The molecular weight excluding hydrogens is 246 g/mol. The van der Waals surface area contributed by atoms with Crippen molar-refractivity contribution >= 4 is 11.8 Å². The van der Waals surface area contributed by atoms with E-state index in [0.29, 0.717) is 11.5 Å². The first-order chi connectivity index (χ1) is 8.94. The topological polar surface area (TPSA) is 81.9 Å². The molecular formula is C12H15N5O2. The first kappa shape index (κ1) is 13.0. The lowest BCUT2D eigenvalue weighted by Crippen LogP contribution is -2.27. The molecule has 0 saturated heterocycles. The van der Waals surface area contributed by atoms with Crippen LogP contribution in [0.3, 0.4) is 0 Å². The van der Waals surface area contributed by atoms with Crippen LogP contribution in [0.1, 0.15) is 20.8 Å². The number of rotatable bonds is 2. The molecule has 2 aromatic heterocycles. The van der Waals surface area contributed by atoms with Crippen LogP contribution < -0.4 is 5.32 Å². The molecule has 0 unspecified atom stereocenters. The maximum Gasteiger partial charge on any atom is 0.412 e. The third-order valence-corrected chi connectivity index (χ3v) is 2.05. The van der Waals surface area contributed by atoms with E-state index in [1.807, 2.05) is 0 Å². The molecule has 2 heterocycles. The number of anilines is 1. The van der Waals surface area contributed by atoms with Crippen LogP contribution >= 0.6 is 0 Å². The Labute approximate surface area is 110 Å². The summed E-state index contributed by atoms with van der Waals surface area (Å²) in [4.78, 5) is 19.5. The molecule has 0 aliphatic carbocycles. The van der Waals surface area contributed by atoms with E-state index in [1.165, 1.54) is 17.2 Å². The number of nitrogens with one attached hydrogen (secondary N) is 1. The van der Waals surface area contributed by atoms with Crippen molar-refractivity contribution < 1.29 is 9.53 Å². The highest BCUT2D eigenvalue weighted by Gasteiger charge is 2.16. The van der Waals surface area contributed by atoms with Crippen molar-refractivity contribution in [1.82, 2.24) is 19.7 Å². The Balaban J connectivity index is 2.01. The van der Waals surface area contributed by atoms with Crippen molar-refractivity contribution in [2.75, 3.05) is 5.32 Å². The highest BCUT2D eigenvalue weighted by atomic mass is 16.6. The zero-order chi connectivity index (χ0) is 13.9. The predicted molar refractivity (Wildman–Crippen MR) is 69.0 cm³/mol. The molecule has 1 amide bonds. The molecule has 0 fully saturated rings. The quantitative estimate of drug-likeness (QED) is 0.894. The standard InChI is InChI=1S/C12H15N5O2/c1-12(2,3)19-11(18)16-9-4-5-10(14-6-9)17-8-13-7-15-17/h4-8H,1-3H3,(H,16,18). The molecule has 0 aromatic carbocycles. The van der Waals surface area contributed by atoms with E-state index in [9.17, 15) is 4.79 Å². The number of amides is 1. The van der Waals surface area contributed by atoms with E-state index >= 15 is 0 Å². The van der Waals surface area contributed by atoms with Crippen LogP contribution in [0.25, 0.3) is 5.82 Å². The zero-order valence-corrected chi connectivity index (χ0v) is 11.0. The van der Waals surface area contributed by atoms with Crippen molar-refractivity contribution in [1.29, 1.82) is 0 Å². The van der Waals surface area contributed by atoms with Crippen LogP contribution in [0.5, 0.6) is 0 Å². The summed E-state index contributed by atoms with van der Waals surface area (Å²) < 4.78 is 6.66. The van der Waals surface area contributed by atoms with Crippen LogP contribution in [0.2, 0.25) is 0 Å². The Morgan fingerprint density at radius 3 is 2.68 bits per heavy atom. The monoisotopic (exact) mass is 261 g/mol. The second-order valence-electron chi connectivity index (χ2n) is 4.87. The fourth-order valence-electron chi connectivity index (χ4n) is 1.34. The average Bonchev–Trinajstić information content (AvgIpc) is 2.80. The second kappa shape index (κ2) is 5.05. The molecule has 0 bridgehead atoms.